The minimum atomic E-state index is 0.111. The van der Waals surface area contributed by atoms with Gasteiger partial charge in [-0.15, -0.1) is 0 Å². The molecule has 1 aliphatic carbocycles. The average molecular weight is 369 g/mol. The highest BCUT2D eigenvalue weighted by Crippen LogP contribution is 2.25. The van der Waals surface area contributed by atoms with Crippen LogP contribution in [0.15, 0.2) is 18.2 Å². The van der Waals surface area contributed by atoms with Gasteiger partial charge in [0.25, 0.3) is 0 Å². The molecule has 1 unspecified atom stereocenters. The van der Waals surface area contributed by atoms with Crippen molar-refractivity contribution in [3.63, 3.8) is 0 Å². The third-order valence-electron chi connectivity index (χ3n) is 6.68. The number of aryl methyl sites for hydroxylation is 2. The van der Waals surface area contributed by atoms with Crippen LogP contribution in [0, 0.1) is 11.8 Å². The van der Waals surface area contributed by atoms with Crippen LogP contribution in [0.4, 0.5) is 0 Å². The van der Waals surface area contributed by atoms with Crippen LogP contribution in [0.5, 0.6) is 0 Å². The topological polar surface area (TPSA) is 40.6 Å². The summed E-state index contributed by atoms with van der Waals surface area (Å²) in [6.45, 7) is 5.52. The van der Waals surface area contributed by atoms with Crippen LogP contribution in [-0.4, -0.2) is 47.8 Å². The fourth-order valence-corrected chi connectivity index (χ4v) is 5.05. The zero-order valence-electron chi connectivity index (χ0n) is 16.6. The number of likely N-dealkylation sites (tertiary alicyclic amines) is 2. The lowest BCUT2D eigenvalue weighted by atomic mass is 9.92. The SMILES string of the molecule is CC1CCCN(C(=O)C2CCN(C(=O)Cc3ccc4c(c3)CCC4)CC2)C1. The van der Waals surface area contributed by atoms with Crippen molar-refractivity contribution in [1.82, 2.24) is 9.80 Å². The van der Waals surface area contributed by atoms with Gasteiger partial charge in [-0.05, 0) is 67.6 Å². The number of benzene rings is 1. The van der Waals surface area contributed by atoms with Gasteiger partial charge in [0.1, 0.15) is 0 Å². The number of piperidine rings is 2. The standard InChI is InChI=1S/C23H32N2O2/c1-17-4-3-11-25(16-17)23(27)20-9-12-24(13-10-20)22(26)15-18-7-8-19-5-2-6-21(19)14-18/h7-8,14,17,20H,2-6,9-13,15-16H2,1H3. The van der Waals surface area contributed by atoms with Gasteiger partial charge in [-0.2, -0.15) is 0 Å². The second-order valence-corrected chi connectivity index (χ2v) is 8.82. The van der Waals surface area contributed by atoms with Crippen molar-refractivity contribution in [2.24, 2.45) is 11.8 Å². The van der Waals surface area contributed by atoms with E-state index in [0.717, 1.165) is 57.4 Å². The lowest BCUT2D eigenvalue weighted by Crippen LogP contribution is -2.47. The fraction of sp³-hybridized carbons (Fsp3) is 0.652. The Labute approximate surface area is 162 Å². The number of carbonyl (C=O) groups is 2. The number of amides is 2. The smallest absolute Gasteiger partial charge is 0.226 e. The second-order valence-electron chi connectivity index (χ2n) is 8.82. The van der Waals surface area contributed by atoms with E-state index in [2.05, 4.69) is 30.0 Å². The van der Waals surface area contributed by atoms with Crippen molar-refractivity contribution in [1.29, 1.82) is 0 Å². The summed E-state index contributed by atoms with van der Waals surface area (Å²) in [5.41, 5.74) is 4.03. The summed E-state index contributed by atoms with van der Waals surface area (Å²) >= 11 is 0. The average Bonchev–Trinajstić information content (AvgIpc) is 3.15. The highest BCUT2D eigenvalue weighted by Gasteiger charge is 2.31. The van der Waals surface area contributed by atoms with Crippen molar-refractivity contribution < 1.29 is 9.59 Å². The lowest BCUT2D eigenvalue weighted by Gasteiger charge is -2.37. The molecule has 27 heavy (non-hydrogen) atoms. The Bertz CT molecular complexity index is 706. The van der Waals surface area contributed by atoms with E-state index < -0.39 is 0 Å². The van der Waals surface area contributed by atoms with Gasteiger partial charge in [-0.25, -0.2) is 0 Å². The first kappa shape index (κ1) is 18.5. The van der Waals surface area contributed by atoms with Gasteiger partial charge in [0.2, 0.25) is 11.8 Å². The van der Waals surface area contributed by atoms with E-state index in [4.69, 9.17) is 0 Å². The lowest BCUT2D eigenvalue weighted by molar-refractivity contribution is -0.141. The highest BCUT2D eigenvalue weighted by atomic mass is 16.2. The van der Waals surface area contributed by atoms with E-state index in [0.29, 0.717) is 18.2 Å². The Morgan fingerprint density at radius 2 is 1.74 bits per heavy atom. The van der Waals surface area contributed by atoms with E-state index in [1.807, 2.05) is 4.90 Å². The van der Waals surface area contributed by atoms with E-state index in [1.165, 1.54) is 30.4 Å². The molecular formula is C23H32N2O2. The second kappa shape index (κ2) is 8.04. The molecule has 0 spiro atoms. The quantitative estimate of drug-likeness (QED) is 0.822. The summed E-state index contributed by atoms with van der Waals surface area (Å²) in [6.07, 6.45) is 8.07. The fourth-order valence-electron chi connectivity index (χ4n) is 5.05. The van der Waals surface area contributed by atoms with Crippen molar-refractivity contribution in [3.8, 4) is 0 Å². The van der Waals surface area contributed by atoms with Crippen LogP contribution in [0.1, 0.15) is 55.7 Å². The van der Waals surface area contributed by atoms with E-state index in [1.54, 1.807) is 0 Å². The molecule has 2 fully saturated rings. The van der Waals surface area contributed by atoms with E-state index in [9.17, 15) is 9.59 Å². The molecule has 3 aliphatic rings. The van der Waals surface area contributed by atoms with Gasteiger partial charge >= 0.3 is 0 Å². The molecule has 2 amide bonds. The Morgan fingerprint density at radius 3 is 2.52 bits per heavy atom. The first-order valence-corrected chi connectivity index (χ1v) is 10.8. The van der Waals surface area contributed by atoms with Crippen LogP contribution in [0.3, 0.4) is 0 Å². The maximum absolute atomic E-state index is 12.8. The number of rotatable bonds is 3. The maximum atomic E-state index is 12.8. The molecule has 1 atom stereocenters. The molecule has 146 valence electrons. The highest BCUT2D eigenvalue weighted by molar-refractivity contribution is 5.81. The summed E-state index contributed by atoms with van der Waals surface area (Å²) in [5.74, 6) is 1.27. The van der Waals surface area contributed by atoms with Gasteiger partial charge < -0.3 is 9.80 Å². The van der Waals surface area contributed by atoms with Crippen molar-refractivity contribution in [2.75, 3.05) is 26.2 Å². The van der Waals surface area contributed by atoms with Gasteiger partial charge in [-0.3, -0.25) is 9.59 Å². The summed E-state index contributed by atoms with van der Waals surface area (Å²) in [5, 5.41) is 0. The Kier molecular flexibility index (Phi) is 5.51. The molecule has 2 heterocycles. The molecule has 1 aromatic rings. The number of hydrogen-bond acceptors (Lipinski definition) is 2. The normalized spacial score (nSPS) is 23.4. The maximum Gasteiger partial charge on any atom is 0.226 e. The molecule has 0 N–H and O–H groups in total. The predicted octanol–water partition coefficient (Wildman–Crippen LogP) is 3.21. The molecule has 2 saturated heterocycles. The zero-order valence-corrected chi connectivity index (χ0v) is 16.6. The number of carbonyl (C=O) groups excluding carboxylic acids is 2. The molecule has 0 aromatic heterocycles. The summed E-state index contributed by atoms with van der Waals surface area (Å²) < 4.78 is 0. The zero-order chi connectivity index (χ0) is 18.8. The number of fused-ring (bicyclic) bond motifs is 1. The Balaban J connectivity index is 1.28. The van der Waals surface area contributed by atoms with Crippen LogP contribution < -0.4 is 0 Å². The third kappa shape index (κ3) is 4.20. The van der Waals surface area contributed by atoms with Gasteiger partial charge in [0.05, 0.1) is 6.42 Å². The van der Waals surface area contributed by atoms with Crippen LogP contribution in [-0.2, 0) is 28.9 Å². The Morgan fingerprint density at radius 1 is 0.963 bits per heavy atom. The first-order chi connectivity index (χ1) is 13.1. The largest absolute Gasteiger partial charge is 0.342 e. The third-order valence-corrected chi connectivity index (χ3v) is 6.68. The summed E-state index contributed by atoms with van der Waals surface area (Å²) in [4.78, 5) is 29.6. The molecule has 4 rings (SSSR count). The molecule has 4 nitrogen and oxygen atoms in total. The molecule has 0 bridgehead atoms. The summed E-state index contributed by atoms with van der Waals surface area (Å²) in [6, 6.07) is 6.55. The minimum Gasteiger partial charge on any atom is -0.342 e. The van der Waals surface area contributed by atoms with Gasteiger partial charge in [0, 0.05) is 32.1 Å². The molecule has 4 heteroatoms. The van der Waals surface area contributed by atoms with Gasteiger partial charge in [0.15, 0.2) is 0 Å². The van der Waals surface area contributed by atoms with Crippen molar-refractivity contribution in [2.45, 2.75) is 58.3 Å². The number of hydrogen-bond donors (Lipinski definition) is 0. The molecule has 0 saturated carbocycles. The van der Waals surface area contributed by atoms with Gasteiger partial charge in [-0.1, -0.05) is 25.1 Å². The predicted molar refractivity (Wildman–Crippen MR) is 106 cm³/mol. The Hall–Kier alpha value is -1.84. The van der Waals surface area contributed by atoms with Crippen LogP contribution in [0.2, 0.25) is 0 Å². The van der Waals surface area contributed by atoms with Crippen LogP contribution >= 0.6 is 0 Å². The molecule has 2 aliphatic heterocycles. The monoisotopic (exact) mass is 368 g/mol. The van der Waals surface area contributed by atoms with E-state index >= 15 is 0 Å². The molecular weight excluding hydrogens is 336 g/mol. The van der Waals surface area contributed by atoms with Crippen LogP contribution in [0.25, 0.3) is 0 Å². The van der Waals surface area contributed by atoms with Crippen molar-refractivity contribution >= 4 is 11.8 Å². The molecule has 1 aromatic carbocycles. The van der Waals surface area contributed by atoms with Crippen molar-refractivity contribution in [3.05, 3.63) is 34.9 Å². The molecule has 0 radical (unpaired) electrons. The number of nitrogens with zero attached hydrogens (tertiary/aromatic N) is 2. The minimum absolute atomic E-state index is 0.111. The first-order valence-electron chi connectivity index (χ1n) is 10.8. The van der Waals surface area contributed by atoms with E-state index in [-0.39, 0.29) is 11.8 Å². The summed E-state index contributed by atoms with van der Waals surface area (Å²) in [7, 11) is 0.